The molecule has 0 saturated carbocycles. The van der Waals surface area contributed by atoms with Gasteiger partial charge in [0.1, 0.15) is 17.2 Å². The predicted molar refractivity (Wildman–Crippen MR) is 70.5 cm³/mol. The summed E-state index contributed by atoms with van der Waals surface area (Å²) in [5.74, 6) is 0.422. The van der Waals surface area contributed by atoms with Gasteiger partial charge in [-0.1, -0.05) is 0 Å². The third-order valence-corrected chi connectivity index (χ3v) is 3.04. The van der Waals surface area contributed by atoms with E-state index in [1.54, 1.807) is 30.1 Å². The summed E-state index contributed by atoms with van der Waals surface area (Å²) >= 11 is 3.35. The fraction of sp³-hybridized carbons (Fsp3) is 0.333. The molecule has 5 nitrogen and oxygen atoms in total. The van der Waals surface area contributed by atoms with Gasteiger partial charge in [0.15, 0.2) is 0 Å². The molecule has 18 heavy (non-hydrogen) atoms. The maximum atomic E-state index is 12.4. The minimum atomic E-state index is -0.154. The van der Waals surface area contributed by atoms with E-state index in [1.807, 2.05) is 13.8 Å². The molecular formula is C12H13BrN4O. The van der Waals surface area contributed by atoms with E-state index in [-0.39, 0.29) is 11.8 Å². The molecule has 0 N–H and O–H groups in total. The Balaban J connectivity index is 2.49. The number of nitrogens with zero attached hydrogens (tertiary/aromatic N) is 4. The van der Waals surface area contributed by atoms with Crippen LogP contribution in [0, 0.1) is 6.92 Å². The second kappa shape index (κ2) is 4.97. The molecule has 2 heterocycles. The molecule has 6 heteroatoms. The van der Waals surface area contributed by atoms with Crippen LogP contribution >= 0.6 is 15.9 Å². The number of carbonyl (C=O) groups is 1. The smallest absolute Gasteiger partial charge is 0.230 e. The van der Waals surface area contributed by atoms with Gasteiger partial charge in [0.2, 0.25) is 5.78 Å². The Labute approximate surface area is 113 Å². The van der Waals surface area contributed by atoms with Crippen LogP contribution in [0.25, 0.3) is 0 Å². The van der Waals surface area contributed by atoms with E-state index < -0.39 is 0 Å². The Kier molecular flexibility index (Phi) is 3.56. The van der Waals surface area contributed by atoms with E-state index in [4.69, 9.17) is 0 Å². The van der Waals surface area contributed by atoms with Crippen molar-refractivity contribution in [3.63, 3.8) is 0 Å². The van der Waals surface area contributed by atoms with Gasteiger partial charge < -0.3 is 0 Å². The average molecular weight is 309 g/mol. The second-order valence-electron chi connectivity index (χ2n) is 4.20. The lowest BCUT2D eigenvalue weighted by molar-refractivity contribution is 0.102. The summed E-state index contributed by atoms with van der Waals surface area (Å²) in [6, 6.07) is 1.72. The van der Waals surface area contributed by atoms with Crippen molar-refractivity contribution in [1.82, 2.24) is 19.7 Å². The van der Waals surface area contributed by atoms with E-state index in [1.165, 1.54) is 0 Å². The largest absolute Gasteiger partial charge is 0.285 e. The van der Waals surface area contributed by atoms with Gasteiger partial charge in [-0.25, -0.2) is 9.97 Å². The van der Waals surface area contributed by atoms with Crippen molar-refractivity contribution >= 4 is 21.7 Å². The Bertz CT molecular complexity index is 592. The highest BCUT2D eigenvalue weighted by Crippen LogP contribution is 2.22. The number of aryl methyl sites for hydroxylation is 1. The fourth-order valence-electron chi connectivity index (χ4n) is 1.65. The van der Waals surface area contributed by atoms with Crippen LogP contribution < -0.4 is 0 Å². The number of hydrogen-bond acceptors (Lipinski definition) is 4. The zero-order valence-corrected chi connectivity index (χ0v) is 12.0. The zero-order valence-electron chi connectivity index (χ0n) is 10.4. The molecule has 94 valence electrons. The molecule has 0 aliphatic carbocycles. The highest BCUT2D eigenvalue weighted by molar-refractivity contribution is 9.10. The van der Waals surface area contributed by atoms with Crippen molar-refractivity contribution in [3.05, 3.63) is 40.1 Å². The molecule has 0 aliphatic rings. The van der Waals surface area contributed by atoms with Crippen LogP contribution in [0.5, 0.6) is 0 Å². The van der Waals surface area contributed by atoms with Crippen molar-refractivity contribution in [1.29, 1.82) is 0 Å². The Morgan fingerprint density at radius 2 is 2.17 bits per heavy atom. The summed E-state index contributed by atoms with van der Waals surface area (Å²) in [5, 5.41) is 4.19. The molecule has 0 aliphatic heterocycles. The summed E-state index contributed by atoms with van der Waals surface area (Å²) in [5.41, 5.74) is 0.897. The predicted octanol–water partition coefficient (Wildman–Crippen LogP) is 2.56. The maximum Gasteiger partial charge on any atom is 0.230 e. The summed E-state index contributed by atoms with van der Waals surface area (Å²) in [6.07, 6.45) is 3.21. The van der Waals surface area contributed by atoms with Crippen LogP contribution in [-0.4, -0.2) is 25.5 Å². The SMILES string of the molecule is Cc1nccc(C(=O)c2c(Br)cnn2C(C)C)n1. The Hall–Kier alpha value is -1.56. The van der Waals surface area contributed by atoms with Crippen molar-refractivity contribution in [2.24, 2.45) is 0 Å². The quantitative estimate of drug-likeness (QED) is 0.818. The van der Waals surface area contributed by atoms with Crippen LogP contribution in [0.15, 0.2) is 22.9 Å². The minimum absolute atomic E-state index is 0.109. The Morgan fingerprint density at radius 1 is 1.44 bits per heavy atom. The number of rotatable bonds is 3. The molecule has 0 unspecified atom stereocenters. The van der Waals surface area contributed by atoms with E-state index in [9.17, 15) is 4.79 Å². The van der Waals surface area contributed by atoms with Gasteiger partial charge in [0.05, 0.1) is 10.7 Å². The van der Waals surface area contributed by atoms with Gasteiger partial charge in [-0.05, 0) is 42.8 Å². The molecular weight excluding hydrogens is 296 g/mol. The van der Waals surface area contributed by atoms with Crippen molar-refractivity contribution in [2.75, 3.05) is 0 Å². The zero-order chi connectivity index (χ0) is 13.3. The van der Waals surface area contributed by atoms with Crippen LogP contribution in [-0.2, 0) is 0 Å². The first kappa shape index (κ1) is 12.9. The van der Waals surface area contributed by atoms with Gasteiger partial charge in [0.25, 0.3) is 0 Å². The van der Waals surface area contributed by atoms with E-state index in [0.717, 1.165) is 0 Å². The van der Waals surface area contributed by atoms with Crippen molar-refractivity contribution in [3.8, 4) is 0 Å². The standard InChI is InChI=1S/C12H13BrN4O/c1-7(2)17-11(9(13)6-15-17)12(18)10-4-5-14-8(3)16-10/h4-7H,1-3H3. The van der Waals surface area contributed by atoms with Gasteiger partial charge >= 0.3 is 0 Å². The van der Waals surface area contributed by atoms with Crippen molar-refractivity contribution < 1.29 is 4.79 Å². The Morgan fingerprint density at radius 3 is 2.78 bits per heavy atom. The lowest BCUT2D eigenvalue weighted by Gasteiger charge is -2.10. The van der Waals surface area contributed by atoms with Crippen molar-refractivity contribution in [2.45, 2.75) is 26.8 Å². The van der Waals surface area contributed by atoms with Crippen LogP contribution in [0.2, 0.25) is 0 Å². The highest BCUT2D eigenvalue weighted by Gasteiger charge is 2.21. The maximum absolute atomic E-state index is 12.4. The lowest BCUT2D eigenvalue weighted by Crippen LogP contribution is -2.15. The summed E-state index contributed by atoms with van der Waals surface area (Å²) in [7, 11) is 0. The molecule has 0 atom stereocenters. The number of halogens is 1. The topological polar surface area (TPSA) is 60.7 Å². The number of aromatic nitrogens is 4. The highest BCUT2D eigenvalue weighted by atomic mass is 79.9. The molecule has 0 bridgehead atoms. The fourth-order valence-corrected chi connectivity index (χ4v) is 2.10. The summed E-state index contributed by atoms with van der Waals surface area (Å²) in [4.78, 5) is 20.6. The average Bonchev–Trinajstić information content (AvgIpc) is 2.70. The molecule has 0 saturated heterocycles. The van der Waals surface area contributed by atoms with Crippen LogP contribution in [0.1, 0.15) is 41.9 Å². The molecule has 2 rings (SSSR count). The molecule has 0 spiro atoms. The van der Waals surface area contributed by atoms with Gasteiger partial charge in [-0.15, -0.1) is 0 Å². The first-order valence-electron chi connectivity index (χ1n) is 5.58. The van der Waals surface area contributed by atoms with Gasteiger partial charge in [-0.2, -0.15) is 5.10 Å². The van der Waals surface area contributed by atoms with E-state index >= 15 is 0 Å². The molecule has 0 aromatic carbocycles. The van der Waals surface area contributed by atoms with E-state index in [2.05, 4.69) is 31.0 Å². The molecule has 0 radical (unpaired) electrons. The number of carbonyl (C=O) groups excluding carboxylic acids is 1. The third-order valence-electron chi connectivity index (χ3n) is 2.46. The number of hydrogen-bond donors (Lipinski definition) is 0. The normalized spacial score (nSPS) is 10.9. The lowest BCUT2D eigenvalue weighted by atomic mass is 10.2. The first-order valence-corrected chi connectivity index (χ1v) is 6.37. The van der Waals surface area contributed by atoms with Gasteiger partial charge in [-0.3, -0.25) is 9.48 Å². The van der Waals surface area contributed by atoms with Crippen LogP contribution in [0.3, 0.4) is 0 Å². The first-order chi connectivity index (χ1) is 8.50. The molecule has 2 aromatic heterocycles. The second-order valence-corrected chi connectivity index (χ2v) is 5.05. The molecule has 2 aromatic rings. The monoisotopic (exact) mass is 308 g/mol. The minimum Gasteiger partial charge on any atom is -0.285 e. The molecule has 0 fully saturated rings. The summed E-state index contributed by atoms with van der Waals surface area (Å²) < 4.78 is 2.36. The third kappa shape index (κ3) is 2.33. The van der Waals surface area contributed by atoms with Crippen LogP contribution in [0.4, 0.5) is 0 Å². The van der Waals surface area contributed by atoms with E-state index in [0.29, 0.717) is 21.7 Å². The summed E-state index contributed by atoms with van der Waals surface area (Å²) in [6.45, 7) is 5.70. The number of ketones is 1. The van der Waals surface area contributed by atoms with Gasteiger partial charge in [0, 0.05) is 12.2 Å². The molecule has 0 amide bonds.